The number of oxazole rings is 1. The maximum Gasteiger partial charge on any atom is 0.422 e. The maximum absolute atomic E-state index is 12.2. The van der Waals surface area contributed by atoms with Crippen molar-refractivity contribution in [3.05, 3.63) is 60.7 Å². The second-order valence-corrected chi connectivity index (χ2v) is 5.19. The molecule has 0 aliphatic heterocycles. The van der Waals surface area contributed by atoms with Gasteiger partial charge in [0.2, 0.25) is 5.88 Å². The van der Waals surface area contributed by atoms with Crippen molar-refractivity contribution in [1.29, 1.82) is 0 Å². The van der Waals surface area contributed by atoms with E-state index in [1.807, 2.05) is 0 Å². The first kappa shape index (κ1) is 17.5. The number of carbonyl (C=O) groups is 1. The van der Waals surface area contributed by atoms with E-state index >= 15 is 0 Å². The summed E-state index contributed by atoms with van der Waals surface area (Å²) < 4.78 is 46.0. The molecule has 3 rings (SSSR count). The van der Waals surface area contributed by atoms with Gasteiger partial charge in [0.25, 0.3) is 5.91 Å². The van der Waals surface area contributed by atoms with E-state index in [1.165, 1.54) is 18.5 Å². The van der Waals surface area contributed by atoms with E-state index in [-0.39, 0.29) is 11.4 Å². The number of aromatic nitrogens is 2. The first-order valence-electron chi connectivity index (χ1n) is 7.36. The third kappa shape index (κ3) is 4.59. The Morgan fingerprint density at radius 1 is 1.19 bits per heavy atom. The smallest absolute Gasteiger partial charge is 0.422 e. The Balaban J connectivity index is 1.66. The van der Waals surface area contributed by atoms with Crippen LogP contribution in [0.2, 0.25) is 0 Å². The van der Waals surface area contributed by atoms with Crippen molar-refractivity contribution in [3.8, 4) is 17.2 Å². The molecule has 1 N–H and O–H groups in total. The van der Waals surface area contributed by atoms with Gasteiger partial charge >= 0.3 is 6.18 Å². The van der Waals surface area contributed by atoms with Crippen LogP contribution in [-0.4, -0.2) is 28.7 Å². The highest BCUT2D eigenvalue weighted by Crippen LogP contribution is 2.22. The zero-order valence-electron chi connectivity index (χ0n) is 13.2. The van der Waals surface area contributed by atoms with Crippen molar-refractivity contribution in [3.63, 3.8) is 0 Å². The standard InChI is InChI=1S/C17H12F3N3O3/c18-17(19,20)9-25-15-5-4-12(7-22-15)16(24)23-13-3-1-2-11(6-13)14-8-21-10-26-14/h1-8,10H,9H2,(H,23,24). The van der Waals surface area contributed by atoms with Crippen molar-refractivity contribution in [2.24, 2.45) is 0 Å². The minimum absolute atomic E-state index is 0.175. The number of benzene rings is 1. The van der Waals surface area contributed by atoms with Gasteiger partial charge in [-0.25, -0.2) is 9.97 Å². The number of amides is 1. The molecule has 1 amide bonds. The fraction of sp³-hybridized carbons (Fsp3) is 0.118. The normalized spacial score (nSPS) is 11.2. The molecule has 0 saturated heterocycles. The van der Waals surface area contributed by atoms with E-state index in [1.54, 1.807) is 30.5 Å². The minimum atomic E-state index is -4.45. The molecule has 0 spiro atoms. The highest BCUT2D eigenvalue weighted by Gasteiger charge is 2.28. The van der Waals surface area contributed by atoms with Crippen LogP contribution < -0.4 is 10.1 Å². The van der Waals surface area contributed by atoms with Crippen LogP contribution in [0, 0.1) is 0 Å². The van der Waals surface area contributed by atoms with E-state index in [4.69, 9.17) is 4.42 Å². The third-order valence-electron chi connectivity index (χ3n) is 3.22. The Labute approximate surface area is 145 Å². The lowest BCUT2D eigenvalue weighted by Gasteiger charge is -2.09. The molecule has 6 nitrogen and oxygen atoms in total. The van der Waals surface area contributed by atoms with E-state index < -0.39 is 18.7 Å². The molecule has 0 saturated carbocycles. The summed E-state index contributed by atoms with van der Waals surface area (Å²) in [4.78, 5) is 19.8. The number of anilines is 1. The summed E-state index contributed by atoms with van der Waals surface area (Å²) in [6.07, 6.45) is -0.465. The molecule has 0 radical (unpaired) electrons. The highest BCUT2D eigenvalue weighted by molar-refractivity contribution is 6.04. The Hall–Kier alpha value is -3.36. The van der Waals surface area contributed by atoms with Crippen LogP contribution in [0.4, 0.5) is 18.9 Å². The van der Waals surface area contributed by atoms with Gasteiger partial charge in [-0.1, -0.05) is 12.1 Å². The molecular weight excluding hydrogens is 351 g/mol. The molecule has 2 heterocycles. The summed E-state index contributed by atoms with van der Waals surface area (Å²) >= 11 is 0. The average Bonchev–Trinajstić information content (AvgIpc) is 3.15. The Bertz CT molecular complexity index is 878. The molecule has 134 valence electrons. The van der Waals surface area contributed by atoms with E-state index in [0.717, 1.165) is 11.8 Å². The monoisotopic (exact) mass is 363 g/mol. The molecule has 0 fully saturated rings. The number of rotatable bonds is 5. The second kappa shape index (κ2) is 7.26. The average molecular weight is 363 g/mol. The predicted octanol–water partition coefficient (Wildman–Crippen LogP) is 3.93. The van der Waals surface area contributed by atoms with Gasteiger partial charge in [-0.2, -0.15) is 13.2 Å². The molecule has 26 heavy (non-hydrogen) atoms. The van der Waals surface area contributed by atoms with Crippen molar-refractivity contribution in [1.82, 2.24) is 9.97 Å². The molecule has 1 aromatic carbocycles. The second-order valence-electron chi connectivity index (χ2n) is 5.19. The molecule has 0 unspecified atom stereocenters. The van der Waals surface area contributed by atoms with E-state index in [9.17, 15) is 18.0 Å². The van der Waals surface area contributed by atoms with Gasteiger partial charge < -0.3 is 14.5 Å². The summed E-state index contributed by atoms with van der Waals surface area (Å²) in [5, 5.41) is 2.67. The van der Waals surface area contributed by atoms with Crippen LogP contribution in [0.15, 0.2) is 59.6 Å². The van der Waals surface area contributed by atoms with Gasteiger partial charge in [0.1, 0.15) is 0 Å². The summed E-state index contributed by atoms with van der Waals surface area (Å²) in [7, 11) is 0. The Morgan fingerprint density at radius 2 is 2.04 bits per heavy atom. The predicted molar refractivity (Wildman–Crippen MR) is 85.7 cm³/mol. The van der Waals surface area contributed by atoms with Crippen molar-refractivity contribution in [2.75, 3.05) is 11.9 Å². The van der Waals surface area contributed by atoms with Gasteiger partial charge in [0, 0.05) is 23.5 Å². The SMILES string of the molecule is O=C(Nc1cccc(-c2cnco2)c1)c1ccc(OCC(F)(F)F)nc1. The van der Waals surface area contributed by atoms with Gasteiger partial charge in [-0.05, 0) is 18.2 Å². The zero-order chi connectivity index (χ0) is 18.6. The summed E-state index contributed by atoms with van der Waals surface area (Å²) in [6.45, 7) is -1.44. The number of alkyl halides is 3. The van der Waals surface area contributed by atoms with Crippen LogP contribution >= 0.6 is 0 Å². The molecular formula is C17H12F3N3O3. The number of ether oxygens (including phenoxy) is 1. The molecule has 0 aliphatic rings. The fourth-order valence-corrected chi connectivity index (χ4v) is 2.07. The maximum atomic E-state index is 12.2. The summed E-state index contributed by atoms with van der Waals surface area (Å²) in [6, 6.07) is 9.45. The summed E-state index contributed by atoms with van der Waals surface area (Å²) in [5.41, 5.74) is 1.42. The first-order chi connectivity index (χ1) is 12.4. The van der Waals surface area contributed by atoms with Crippen molar-refractivity contribution in [2.45, 2.75) is 6.18 Å². The lowest BCUT2D eigenvalue weighted by atomic mass is 10.1. The zero-order valence-corrected chi connectivity index (χ0v) is 13.2. The van der Waals surface area contributed by atoms with Gasteiger partial charge in [-0.3, -0.25) is 4.79 Å². The number of halogens is 3. The Kier molecular flexibility index (Phi) is 4.87. The van der Waals surface area contributed by atoms with Gasteiger partial charge in [-0.15, -0.1) is 0 Å². The van der Waals surface area contributed by atoms with Crippen LogP contribution in [0.1, 0.15) is 10.4 Å². The third-order valence-corrected chi connectivity index (χ3v) is 3.22. The molecule has 0 bridgehead atoms. The van der Waals surface area contributed by atoms with Crippen LogP contribution in [0.25, 0.3) is 11.3 Å². The number of nitrogens with one attached hydrogen (secondary N) is 1. The quantitative estimate of drug-likeness (QED) is 0.743. The largest absolute Gasteiger partial charge is 0.468 e. The summed E-state index contributed by atoms with van der Waals surface area (Å²) in [5.74, 6) is -0.130. The van der Waals surface area contributed by atoms with Crippen LogP contribution in [0.5, 0.6) is 5.88 Å². The van der Waals surface area contributed by atoms with Crippen molar-refractivity contribution >= 4 is 11.6 Å². The number of hydrogen-bond donors (Lipinski definition) is 1. The van der Waals surface area contributed by atoms with E-state index in [2.05, 4.69) is 20.0 Å². The molecule has 0 atom stereocenters. The Morgan fingerprint density at radius 3 is 2.69 bits per heavy atom. The van der Waals surface area contributed by atoms with Crippen LogP contribution in [-0.2, 0) is 0 Å². The lowest BCUT2D eigenvalue weighted by Crippen LogP contribution is -2.19. The fourth-order valence-electron chi connectivity index (χ4n) is 2.07. The highest BCUT2D eigenvalue weighted by atomic mass is 19.4. The number of nitrogens with zero attached hydrogens (tertiary/aromatic N) is 2. The minimum Gasteiger partial charge on any atom is -0.468 e. The molecule has 9 heteroatoms. The lowest BCUT2D eigenvalue weighted by molar-refractivity contribution is -0.154. The van der Waals surface area contributed by atoms with Gasteiger partial charge in [0.15, 0.2) is 18.8 Å². The first-order valence-corrected chi connectivity index (χ1v) is 7.36. The number of hydrogen-bond acceptors (Lipinski definition) is 5. The van der Waals surface area contributed by atoms with Crippen LogP contribution in [0.3, 0.4) is 0 Å². The molecule has 3 aromatic rings. The van der Waals surface area contributed by atoms with E-state index in [0.29, 0.717) is 11.4 Å². The molecule has 0 aliphatic carbocycles. The molecule has 2 aromatic heterocycles. The number of pyridine rings is 1. The number of carbonyl (C=O) groups excluding carboxylic acids is 1. The topological polar surface area (TPSA) is 77.2 Å². The van der Waals surface area contributed by atoms with Gasteiger partial charge in [0.05, 0.1) is 11.8 Å². The van der Waals surface area contributed by atoms with Crippen molar-refractivity contribution < 1.29 is 27.1 Å².